The van der Waals surface area contributed by atoms with Gasteiger partial charge in [0.1, 0.15) is 6.42 Å². The third kappa shape index (κ3) is 5.19. The van der Waals surface area contributed by atoms with E-state index in [2.05, 4.69) is 36.4 Å². The SMILES string of the molecule is CC(C)(C)c1ccccc1NC(=O)CC(=O)NCc1ccncc1. The van der Waals surface area contributed by atoms with Gasteiger partial charge in [-0.15, -0.1) is 0 Å². The highest BCUT2D eigenvalue weighted by Gasteiger charge is 2.19. The van der Waals surface area contributed by atoms with E-state index in [1.807, 2.05) is 36.4 Å². The van der Waals surface area contributed by atoms with Gasteiger partial charge in [-0.3, -0.25) is 14.6 Å². The van der Waals surface area contributed by atoms with E-state index in [-0.39, 0.29) is 23.7 Å². The van der Waals surface area contributed by atoms with Crippen molar-refractivity contribution in [2.45, 2.75) is 39.2 Å². The Balaban J connectivity index is 1.90. The summed E-state index contributed by atoms with van der Waals surface area (Å²) in [5, 5.41) is 5.57. The second-order valence-electron chi connectivity index (χ2n) is 6.65. The molecule has 1 heterocycles. The van der Waals surface area contributed by atoms with Gasteiger partial charge in [-0.1, -0.05) is 39.0 Å². The number of nitrogens with zero attached hydrogens (tertiary/aromatic N) is 1. The van der Waals surface area contributed by atoms with Gasteiger partial charge in [0.25, 0.3) is 0 Å². The molecule has 0 saturated carbocycles. The number of carbonyl (C=O) groups is 2. The van der Waals surface area contributed by atoms with Crippen LogP contribution in [0.25, 0.3) is 0 Å². The molecular weight excluding hydrogens is 302 g/mol. The summed E-state index contributed by atoms with van der Waals surface area (Å²) in [5.41, 5.74) is 2.64. The summed E-state index contributed by atoms with van der Waals surface area (Å²) in [4.78, 5) is 28.0. The molecule has 0 unspecified atom stereocenters. The average molecular weight is 325 g/mol. The van der Waals surface area contributed by atoms with E-state index < -0.39 is 0 Å². The van der Waals surface area contributed by atoms with E-state index in [0.717, 1.165) is 16.8 Å². The second-order valence-corrected chi connectivity index (χ2v) is 6.65. The van der Waals surface area contributed by atoms with E-state index in [9.17, 15) is 9.59 Å². The number of nitrogens with one attached hydrogen (secondary N) is 2. The molecule has 1 aromatic heterocycles. The number of rotatable bonds is 5. The van der Waals surface area contributed by atoms with Crippen LogP contribution in [0, 0.1) is 0 Å². The van der Waals surface area contributed by atoms with Crippen LogP contribution >= 0.6 is 0 Å². The molecule has 0 fully saturated rings. The van der Waals surface area contributed by atoms with Gasteiger partial charge in [-0.25, -0.2) is 0 Å². The van der Waals surface area contributed by atoms with Gasteiger partial charge >= 0.3 is 0 Å². The lowest BCUT2D eigenvalue weighted by Crippen LogP contribution is -2.28. The molecule has 0 saturated heterocycles. The molecule has 0 bridgehead atoms. The van der Waals surface area contributed by atoms with Gasteiger partial charge in [0, 0.05) is 24.6 Å². The Kier molecular flexibility index (Phi) is 5.68. The van der Waals surface area contributed by atoms with Crippen LogP contribution in [-0.2, 0) is 21.5 Å². The van der Waals surface area contributed by atoms with Crippen LogP contribution in [-0.4, -0.2) is 16.8 Å². The number of aromatic nitrogens is 1. The molecule has 2 amide bonds. The summed E-state index contributed by atoms with van der Waals surface area (Å²) in [6.07, 6.45) is 3.12. The summed E-state index contributed by atoms with van der Waals surface area (Å²) in [5.74, 6) is -0.628. The first-order valence-electron chi connectivity index (χ1n) is 7.91. The zero-order valence-electron chi connectivity index (χ0n) is 14.3. The maximum Gasteiger partial charge on any atom is 0.233 e. The van der Waals surface area contributed by atoms with Crippen molar-refractivity contribution in [3.63, 3.8) is 0 Å². The van der Waals surface area contributed by atoms with Crippen LogP contribution in [0.5, 0.6) is 0 Å². The summed E-state index contributed by atoms with van der Waals surface area (Å²) < 4.78 is 0. The lowest BCUT2D eigenvalue weighted by molar-refractivity contribution is -0.126. The molecule has 5 nitrogen and oxygen atoms in total. The summed E-state index contributed by atoms with van der Waals surface area (Å²) in [6.45, 7) is 6.63. The highest BCUT2D eigenvalue weighted by atomic mass is 16.2. The molecule has 0 aliphatic heterocycles. The van der Waals surface area contributed by atoms with Gasteiger partial charge in [0.2, 0.25) is 11.8 Å². The first-order valence-corrected chi connectivity index (χ1v) is 7.91. The van der Waals surface area contributed by atoms with Gasteiger partial charge in [-0.2, -0.15) is 0 Å². The average Bonchev–Trinajstić information content (AvgIpc) is 2.53. The van der Waals surface area contributed by atoms with Crippen molar-refractivity contribution in [2.75, 3.05) is 5.32 Å². The summed E-state index contributed by atoms with van der Waals surface area (Å²) in [7, 11) is 0. The maximum absolute atomic E-state index is 12.1. The fourth-order valence-corrected chi connectivity index (χ4v) is 2.35. The Morgan fingerprint density at radius 1 is 1.00 bits per heavy atom. The van der Waals surface area contributed by atoms with Crippen LogP contribution in [0.3, 0.4) is 0 Å². The Labute approximate surface area is 142 Å². The first kappa shape index (κ1) is 17.7. The highest BCUT2D eigenvalue weighted by molar-refractivity contribution is 6.03. The molecule has 2 rings (SSSR count). The van der Waals surface area contributed by atoms with E-state index in [1.54, 1.807) is 12.4 Å². The highest BCUT2D eigenvalue weighted by Crippen LogP contribution is 2.29. The molecule has 0 spiro atoms. The van der Waals surface area contributed by atoms with E-state index in [1.165, 1.54) is 0 Å². The molecule has 5 heteroatoms. The second kappa shape index (κ2) is 7.73. The van der Waals surface area contributed by atoms with Gasteiger partial charge in [-0.05, 0) is 34.7 Å². The quantitative estimate of drug-likeness (QED) is 0.830. The minimum absolute atomic E-state index is 0.0898. The standard InChI is InChI=1S/C19H23N3O2/c1-19(2,3)15-6-4-5-7-16(15)22-18(24)12-17(23)21-13-14-8-10-20-11-9-14/h4-11H,12-13H2,1-3H3,(H,21,23)(H,22,24). The van der Waals surface area contributed by atoms with Crippen molar-refractivity contribution in [3.8, 4) is 0 Å². The van der Waals surface area contributed by atoms with Crippen molar-refractivity contribution < 1.29 is 9.59 Å². The van der Waals surface area contributed by atoms with Crippen LogP contribution in [0.4, 0.5) is 5.69 Å². The summed E-state index contributed by atoms with van der Waals surface area (Å²) in [6, 6.07) is 11.3. The topological polar surface area (TPSA) is 71.1 Å². The van der Waals surface area contributed by atoms with Gasteiger partial charge in [0.05, 0.1) is 0 Å². The predicted octanol–water partition coefficient (Wildman–Crippen LogP) is 3.02. The van der Waals surface area contributed by atoms with Gasteiger partial charge in [0.15, 0.2) is 0 Å². The monoisotopic (exact) mass is 325 g/mol. The predicted molar refractivity (Wildman–Crippen MR) is 94.5 cm³/mol. The molecule has 0 aliphatic carbocycles. The zero-order chi connectivity index (χ0) is 17.6. The molecule has 1 aromatic carbocycles. The molecule has 0 aliphatic rings. The molecule has 2 aromatic rings. The maximum atomic E-state index is 12.1. The number of amides is 2. The van der Waals surface area contributed by atoms with Crippen molar-refractivity contribution in [1.82, 2.24) is 10.3 Å². The number of para-hydroxylation sites is 1. The lowest BCUT2D eigenvalue weighted by atomic mass is 9.86. The Hall–Kier alpha value is -2.69. The van der Waals surface area contributed by atoms with Crippen molar-refractivity contribution in [3.05, 3.63) is 59.9 Å². The van der Waals surface area contributed by atoms with Gasteiger partial charge < -0.3 is 10.6 Å². The molecule has 126 valence electrons. The number of benzene rings is 1. The van der Waals surface area contributed by atoms with E-state index in [0.29, 0.717) is 6.54 Å². The smallest absolute Gasteiger partial charge is 0.233 e. The van der Waals surface area contributed by atoms with Crippen LogP contribution in [0.2, 0.25) is 0 Å². The number of anilines is 1. The molecule has 0 radical (unpaired) electrons. The fraction of sp³-hybridized carbons (Fsp3) is 0.316. The lowest BCUT2D eigenvalue weighted by Gasteiger charge is -2.22. The zero-order valence-corrected chi connectivity index (χ0v) is 14.3. The minimum Gasteiger partial charge on any atom is -0.352 e. The first-order chi connectivity index (χ1) is 11.4. The Morgan fingerprint density at radius 3 is 2.33 bits per heavy atom. The fourth-order valence-electron chi connectivity index (χ4n) is 2.35. The number of hydrogen-bond donors (Lipinski definition) is 2. The Bertz CT molecular complexity index is 706. The van der Waals surface area contributed by atoms with E-state index >= 15 is 0 Å². The third-order valence-corrected chi connectivity index (χ3v) is 3.57. The van der Waals surface area contributed by atoms with Crippen molar-refractivity contribution in [1.29, 1.82) is 0 Å². The minimum atomic E-state index is -0.320. The Morgan fingerprint density at radius 2 is 1.67 bits per heavy atom. The van der Waals surface area contributed by atoms with Crippen molar-refractivity contribution in [2.24, 2.45) is 0 Å². The number of hydrogen-bond acceptors (Lipinski definition) is 3. The third-order valence-electron chi connectivity index (χ3n) is 3.57. The van der Waals surface area contributed by atoms with E-state index in [4.69, 9.17) is 0 Å². The van der Waals surface area contributed by atoms with Crippen LogP contribution in [0.1, 0.15) is 38.3 Å². The van der Waals surface area contributed by atoms with Crippen LogP contribution < -0.4 is 10.6 Å². The number of pyridine rings is 1. The largest absolute Gasteiger partial charge is 0.352 e. The molecule has 24 heavy (non-hydrogen) atoms. The molecule has 0 atom stereocenters. The summed E-state index contributed by atoms with van der Waals surface area (Å²) >= 11 is 0. The number of carbonyl (C=O) groups excluding carboxylic acids is 2. The van der Waals surface area contributed by atoms with Crippen molar-refractivity contribution >= 4 is 17.5 Å². The molecular formula is C19H23N3O2. The molecule has 2 N–H and O–H groups in total. The normalized spacial score (nSPS) is 11.0. The van der Waals surface area contributed by atoms with Crippen LogP contribution in [0.15, 0.2) is 48.8 Å².